The zero-order valence-electron chi connectivity index (χ0n) is 16.6. The molecule has 160 valence electrons. The maximum atomic E-state index is 13.3. The Morgan fingerprint density at radius 2 is 1.87 bits per heavy atom. The maximum Gasteiger partial charge on any atom is 0.240 e. The standard InChI is InChI=1S/C21H22F2N2O4S/c1-3-19-16(15-6-4-5-7-20(15)29-19)13-25(2)21(26)10-11-24-30(27,28)14-8-9-17(22)18(23)12-14/h4-9,12,24H,3,10-11,13H2,1-2H3. The van der Waals surface area contributed by atoms with Crippen LogP contribution in [-0.2, 0) is 27.8 Å². The van der Waals surface area contributed by atoms with Crippen LogP contribution in [0, 0.1) is 11.6 Å². The predicted octanol–water partition coefficient (Wildman–Crippen LogP) is 3.60. The van der Waals surface area contributed by atoms with Gasteiger partial charge in [-0.3, -0.25) is 4.79 Å². The number of amides is 1. The van der Waals surface area contributed by atoms with Crippen molar-refractivity contribution in [2.75, 3.05) is 13.6 Å². The van der Waals surface area contributed by atoms with E-state index in [4.69, 9.17) is 4.42 Å². The van der Waals surface area contributed by atoms with Crippen molar-refractivity contribution in [3.05, 3.63) is 65.4 Å². The van der Waals surface area contributed by atoms with Crippen LogP contribution in [0.25, 0.3) is 11.0 Å². The average Bonchev–Trinajstić information content (AvgIpc) is 3.07. The van der Waals surface area contributed by atoms with Crippen LogP contribution in [0.5, 0.6) is 0 Å². The lowest BCUT2D eigenvalue weighted by atomic mass is 10.1. The molecule has 0 spiro atoms. The van der Waals surface area contributed by atoms with Crippen LogP contribution in [0.2, 0.25) is 0 Å². The van der Waals surface area contributed by atoms with Gasteiger partial charge in [0.2, 0.25) is 15.9 Å². The van der Waals surface area contributed by atoms with E-state index in [0.717, 1.165) is 34.4 Å². The molecule has 0 saturated heterocycles. The second kappa shape index (κ2) is 8.93. The van der Waals surface area contributed by atoms with E-state index in [1.807, 2.05) is 31.2 Å². The number of furan rings is 1. The van der Waals surface area contributed by atoms with E-state index in [2.05, 4.69) is 4.72 Å². The number of carbonyl (C=O) groups is 1. The predicted molar refractivity (Wildman–Crippen MR) is 108 cm³/mol. The normalized spacial score (nSPS) is 11.7. The molecule has 2 aromatic carbocycles. The fraction of sp³-hybridized carbons (Fsp3) is 0.286. The highest BCUT2D eigenvalue weighted by molar-refractivity contribution is 7.89. The first-order valence-corrected chi connectivity index (χ1v) is 10.9. The number of nitrogens with one attached hydrogen (secondary N) is 1. The Balaban J connectivity index is 1.62. The molecule has 0 atom stereocenters. The van der Waals surface area contributed by atoms with Crippen LogP contribution >= 0.6 is 0 Å². The van der Waals surface area contributed by atoms with Crippen LogP contribution in [-0.4, -0.2) is 32.8 Å². The Labute approximate surface area is 173 Å². The van der Waals surface area contributed by atoms with Gasteiger partial charge in [0.1, 0.15) is 11.3 Å². The first-order chi connectivity index (χ1) is 14.2. The summed E-state index contributed by atoms with van der Waals surface area (Å²) in [7, 11) is -2.42. The molecule has 0 unspecified atom stereocenters. The summed E-state index contributed by atoms with van der Waals surface area (Å²) in [5.41, 5.74) is 1.68. The molecule has 3 rings (SSSR count). The van der Waals surface area contributed by atoms with Gasteiger partial charge in [-0.2, -0.15) is 0 Å². The molecular weight excluding hydrogens is 414 g/mol. The molecule has 1 amide bonds. The molecule has 3 aromatic rings. The van der Waals surface area contributed by atoms with E-state index in [-0.39, 0.29) is 18.9 Å². The first kappa shape index (κ1) is 21.9. The summed E-state index contributed by atoms with van der Waals surface area (Å²) in [6, 6.07) is 9.88. The molecule has 6 nitrogen and oxygen atoms in total. The van der Waals surface area contributed by atoms with Crippen molar-refractivity contribution in [2.45, 2.75) is 31.2 Å². The molecular formula is C21H22F2N2O4S. The number of hydrogen-bond donors (Lipinski definition) is 1. The number of para-hydroxylation sites is 1. The smallest absolute Gasteiger partial charge is 0.240 e. The van der Waals surface area contributed by atoms with Gasteiger partial charge in [-0.1, -0.05) is 25.1 Å². The summed E-state index contributed by atoms with van der Waals surface area (Å²) in [4.78, 5) is 13.6. The maximum absolute atomic E-state index is 13.3. The van der Waals surface area contributed by atoms with E-state index in [0.29, 0.717) is 19.0 Å². The van der Waals surface area contributed by atoms with Crippen molar-refractivity contribution in [1.29, 1.82) is 0 Å². The molecule has 0 fully saturated rings. The Hall–Kier alpha value is -2.78. The largest absolute Gasteiger partial charge is 0.461 e. The van der Waals surface area contributed by atoms with Gasteiger partial charge in [-0.05, 0) is 24.3 Å². The fourth-order valence-electron chi connectivity index (χ4n) is 3.14. The number of fused-ring (bicyclic) bond motifs is 1. The summed E-state index contributed by atoms with van der Waals surface area (Å²) >= 11 is 0. The van der Waals surface area contributed by atoms with E-state index < -0.39 is 26.6 Å². The number of benzene rings is 2. The third-order valence-electron chi connectivity index (χ3n) is 4.76. The number of rotatable bonds is 8. The summed E-state index contributed by atoms with van der Waals surface area (Å²) in [6.45, 7) is 2.13. The molecule has 0 saturated carbocycles. The van der Waals surface area contributed by atoms with Crippen molar-refractivity contribution in [3.8, 4) is 0 Å². The second-order valence-electron chi connectivity index (χ2n) is 6.83. The number of sulfonamides is 1. The third-order valence-corrected chi connectivity index (χ3v) is 6.22. The van der Waals surface area contributed by atoms with Crippen molar-refractivity contribution in [1.82, 2.24) is 9.62 Å². The molecule has 0 aliphatic heterocycles. The summed E-state index contributed by atoms with van der Waals surface area (Å²) < 4.78 is 58.7. The van der Waals surface area contributed by atoms with E-state index >= 15 is 0 Å². The van der Waals surface area contributed by atoms with Crippen molar-refractivity contribution in [2.24, 2.45) is 0 Å². The minimum absolute atomic E-state index is 0.0867. The average molecular weight is 436 g/mol. The number of hydrogen-bond acceptors (Lipinski definition) is 4. The second-order valence-corrected chi connectivity index (χ2v) is 8.59. The third kappa shape index (κ3) is 4.68. The zero-order chi connectivity index (χ0) is 21.9. The van der Waals surface area contributed by atoms with Crippen LogP contribution < -0.4 is 4.72 Å². The Morgan fingerprint density at radius 3 is 2.57 bits per heavy atom. The van der Waals surface area contributed by atoms with E-state index in [9.17, 15) is 22.0 Å². The summed E-state index contributed by atoms with van der Waals surface area (Å²) in [5, 5.41) is 0.938. The number of carbonyl (C=O) groups excluding carboxylic acids is 1. The molecule has 0 aliphatic carbocycles. The van der Waals surface area contributed by atoms with Gasteiger partial charge in [0.15, 0.2) is 11.6 Å². The SMILES string of the molecule is CCc1oc2ccccc2c1CN(C)C(=O)CCNS(=O)(=O)c1ccc(F)c(F)c1. The lowest BCUT2D eigenvalue weighted by Crippen LogP contribution is -2.32. The Kier molecular flexibility index (Phi) is 6.52. The quantitative estimate of drug-likeness (QED) is 0.585. The Morgan fingerprint density at radius 1 is 1.13 bits per heavy atom. The van der Waals surface area contributed by atoms with Crippen LogP contribution in [0.15, 0.2) is 51.8 Å². The highest BCUT2D eigenvalue weighted by Crippen LogP contribution is 2.27. The topological polar surface area (TPSA) is 79.6 Å². The molecule has 1 aromatic heterocycles. The van der Waals surface area contributed by atoms with Gasteiger partial charge < -0.3 is 9.32 Å². The summed E-state index contributed by atoms with van der Waals surface area (Å²) in [5.74, 6) is -1.86. The minimum atomic E-state index is -4.05. The van der Waals surface area contributed by atoms with Crippen molar-refractivity contribution in [3.63, 3.8) is 0 Å². The highest BCUT2D eigenvalue weighted by Gasteiger charge is 2.19. The minimum Gasteiger partial charge on any atom is -0.461 e. The molecule has 30 heavy (non-hydrogen) atoms. The van der Waals surface area contributed by atoms with Crippen molar-refractivity contribution >= 4 is 26.9 Å². The highest BCUT2D eigenvalue weighted by atomic mass is 32.2. The fourth-order valence-corrected chi connectivity index (χ4v) is 4.19. The number of aryl methyl sites for hydroxylation is 1. The van der Waals surface area contributed by atoms with Crippen LogP contribution in [0.3, 0.4) is 0 Å². The Bertz CT molecular complexity index is 1170. The monoisotopic (exact) mass is 436 g/mol. The van der Waals surface area contributed by atoms with Gasteiger partial charge in [0.25, 0.3) is 0 Å². The lowest BCUT2D eigenvalue weighted by molar-refractivity contribution is -0.130. The molecule has 0 aliphatic rings. The zero-order valence-corrected chi connectivity index (χ0v) is 17.4. The number of nitrogens with zero attached hydrogens (tertiary/aromatic N) is 1. The van der Waals surface area contributed by atoms with E-state index in [1.165, 1.54) is 4.90 Å². The molecule has 1 heterocycles. The molecule has 0 radical (unpaired) electrons. The summed E-state index contributed by atoms with van der Waals surface area (Å²) in [6.07, 6.45) is 0.594. The van der Waals surface area contributed by atoms with E-state index in [1.54, 1.807) is 7.05 Å². The van der Waals surface area contributed by atoms with Gasteiger partial charge in [0, 0.05) is 43.9 Å². The lowest BCUT2D eigenvalue weighted by Gasteiger charge is -2.17. The van der Waals surface area contributed by atoms with Crippen molar-refractivity contribution < 1.29 is 26.4 Å². The molecule has 0 bridgehead atoms. The number of halogens is 2. The van der Waals surface area contributed by atoms with Gasteiger partial charge in [-0.25, -0.2) is 21.9 Å². The van der Waals surface area contributed by atoms with Crippen LogP contribution in [0.4, 0.5) is 8.78 Å². The molecule has 9 heteroatoms. The van der Waals surface area contributed by atoms with Crippen LogP contribution in [0.1, 0.15) is 24.7 Å². The first-order valence-electron chi connectivity index (χ1n) is 9.41. The van der Waals surface area contributed by atoms with Gasteiger partial charge >= 0.3 is 0 Å². The van der Waals surface area contributed by atoms with Gasteiger partial charge in [0.05, 0.1) is 4.90 Å². The molecule has 1 N–H and O–H groups in total. The van der Waals surface area contributed by atoms with Gasteiger partial charge in [-0.15, -0.1) is 0 Å².